The molecule has 1 N–H and O–H groups in total. The van der Waals surface area contributed by atoms with E-state index in [1.54, 1.807) is 31.2 Å². The first-order valence-corrected chi connectivity index (χ1v) is 9.89. The Balaban J connectivity index is 1.97. The topological polar surface area (TPSA) is 72.5 Å². The number of aryl methyl sites for hydroxylation is 1. The molecule has 0 heterocycles. The van der Waals surface area contributed by atoms with Crippen molar-refractivity contribution >= 4 is 15.7 Å². The summed E-state index contributed by atoms with van der Waals surface area (Å²) < 4.78 is 28.6. The van der Waals surface area contributed by atoms with Gasteiger partial charge in [0.25, 0.3) is 5.91 Å². The first kappa shape index (κ1) is 19.0. The van der Waals surface area contributed by atoms with Crippen molar-refractivity contribution in [3.05, 3.63) is 59.7 Å². The number of hydrogen-bond donors (Lipinski definition) is 1. The molecule has 0 fully saturated rings. The molecule has 6 heteroatoms. The smallest absolute Gasteiger partial charge is 0.261 e. The van der Waals surface area contributed by atoms with Crippen molar-refractivity contribution in [2.75, 3.05) is 6.26 Å². The molecule has 2 atom stereocenters. The van der Waals surface area contributed by atoms with E-state index in [4.69, 9.17) is 4.74 Å². The van der Waals surface area contributed by atoms with Crippen molar-refractivity contribution in [3.63, 3.8) is 0 Å². The van der Waals surface area contributed by atoms with Crippen LogP contribution in [-0.2, 0) is 14.6 Å². The van der Waals surface area contributed by atoms with Gasteiger partial charge < -0.3 is 10.1 Å². The Morgan fingerprint density at radius 2 is 1.56 bits per heavy atom. The fourth-order valence-electron chi connectivity index (χ4n) is 2.29. The van der Waals surface area contributed by atoms with E-state index >= 15 is 0 Å². The fraction of sp³-hybridized carbons (Fsp3) is 0.316. The summed E-state index contributed by atoms with van der Waals surface area (Å²) in [5.41, 5.74) is 1.94. The van der Waals surface area contributed by atoms with E-state index in [0.29, 0.717) is 5.75 Å². The highest BCUT2D eigenvalue weighted by atomic mass is 32.2. The van der Waals surface area contributed by atoms with Crippen molar-refractivity contribution in [2.24, 2.45) is 0 Å². The average molecular weight is 361 g/mol. The van der Waals surface area contributed by atoms with E-state index in [2.05, 4.69) is 5.32 Å². The molecule has 2 aromatic rings. The van der Waals surface area contributed by atoms with Gasteiger partial charge in [-0.1, -0.05) is 29.8 Å². The maximum Gasteiger partial charge on any atom is 0.261 e. The van der Waals surface area contributed by atoms with Crippen LogP contribution in [0.25, 0.3) is 0 Å². The molecule has 25 heavy (non-hydrogen) atoms. The third kappa shape index (κ3) is 5.32. The van der Waals surface area contributed by atoms with Crippen LogP contribution in [0.1, 0.15) is 31.0 Å². The number of nitrogens with one attached hydrogen (secondary N) is 1. The SMILES string of the molecule is Cc1ccc(OC(C)C(=O)NC(C)c2ccc(S(C)(=O)=O)cc2)cc1. The van der Waals surface area contributed by atoms with Crippen LogP contribution in [0.3, 0.4) is 0 Å². The summed E-state index contributed by atoms with van der Waals surface area (Å²) in [7, 11) is -3.23. The lowest BCUT2D eigenvalue weighted by molar-refractivity contribution is -0.127. The van der Waals surface area contributed by atoms with Gasteiger partial charge in [-0.15, -0.1) is 0 Å². The van der Waals surface area contributed by atoms with Gasteiger partial charge in [-0.05, 0) is 50.6 Å². The van der Waals surface area contributed by atoms with E-state index in [0.717, 1.165) is 17.4 Å². The summed E-state index contributed by atoms with van der Waals surface area (Å²) >= 11 is 0. The van der Waals surface area contributed by atoms with Gasteiger partial charge in [-0.2, -0.15) is 0 Å². The number of rotatable bonds is 6. The lowest BCUT2D eigenvalue weighted by Gasteiger charge is -2.19. The van der Waals surface area contributed by atoms with Crippen LogP contribution in [-0.4, -0.2) is 26.7 Å². The number of ether oxygens (including phenoxy) is 1. The summed E-state index contributed by atoms with van der Waals surface area (Å²) in [5, 5.41) is 2.87. The van der Waals surface area contributed by atoms with Crippen LogP contribution in [0, 0.1) is 6.92 Å². The number of hydrogen-bond acceptors (Lipinski definition) is 4. The Morgan fingerprint density at radius 3 is 2.08 bits per heavy atom. The lowest BCUT2D eigenvalue weighted by Crippen LogP contribution is -2.37. The van der Waals surface area contributed by atoms with E-state index in [1.807, 2.05) is 38.1 Å². The summed E-state index contributed by atoms with van der Waals surface area (Å²) in [6.45, 7) is 5.51. The summed E-state index contributed by atoms with van der Waals surface area (Å²) in [4.78, 5) is 12.5. The predicted octanol–water partition coefficient (Wildman–Crippen LogP) is 3.04. The Bertz CT molecular complexity index is 827. The number of amides is 1. The first-order valence-electron chi connectivity index (χ1n) is 8.00. The van der Waals surface area contributed by atoms with Crippen molar-refractivity contribution in [2.45, 2.75) is 37.8 Å². The molecule has 0 aliphatic heterocycles. The Morgan fingerprint density at radius 1 is 1.00 bits per heavy atom. The zero-order valence-electron chi connectivity index (χ0n) is 14.8. The van der Waals surface area contributed by atoms with Crippen LogP contribution in [0.2, 0.25) is 0 Å². The lowest BCUT2D eigenvalue weighted by atomic mass is 10.1. The molecule has 2 unspecified atom stereocenters. The van der Waals surface area contributed by atoms with E-state index in [9.17, 15) is 13.2 Å². The molecule has 0 bridgehead atoms. The van der Waals surface area contributed by atoms with Gasteiger partial charge in [-0.3, -0.25) is 4.79 Å². The van der Waals surface area contributed by atoms with Crippen molar-refractivity contribution < 1.29 is 17.9 Å². The van der Waals surface area contributed by atoms with E-state index < -0.39 is 15.9 Å². The minimum Gasteiger partial charge on any atom is -0.481 e. The monoisotopic (exact) mass is 361 g/mol. The molecule has 0 saturated heterocycles. The number of carbonyl (C=O) groups excluding carboxylic acids is 1. The Kier molecular flexibility index (Phi) is 5.85. The van der Waals surface area contributed by atoms with E-state index in [1.165, 1.54) is 0 Å². The van der Waals surface area contributed by atoms with Crippen LogP contribution in [0.15, 0.2) is 53.4 Å². The predicted molar refractivity (Wildman–Crippen MR) is 97.4 cm³/mol. The minimum atomic E-state index is -3.23. The number of carbonyl (C=O) groups is 1. The van der Waals surface area contributed by atoms with Crippen molar-refractivity contribution in [3.8, 4) is 5.75 Å². The number of benzene rings is 2. The van der Waals surface area contributed by atoms with Crippen LogP contribution < -0.4 is 10.1 Å². The molecule has 2 aromatic carbocycles. The maximum absolute atomic E-state index is 12.3. The zero-order chi connectivity index (χ0) is 18.6. The van der Waals surface area contributed by atoms with Crippen LogP contribution >= 0.6 is 0 Å². The maximum atomic E-state index is 12.3. The number of sulfone groups is 1. The molecule has 2 rings (SSSR count). The standard InChI is InChI=1S/C19H23NO4S/c1-13-5-9-17(10-6-13)24-15(3)19(21)20-14(2)16-7-11-18(12-8-16)25(4,22)23/h5-12,14-15H,1-4H3,(H,20,21). The van der Waals surface area contributed by atoms with Gasteiger partial charge in [0.15, 0.2) is 15.9 Å². The molecular formula is C19H23NO4S. The third-order valence-electron chi connectivity index (χ3n) is 3.87. The molecule has 0 aliphatic rings. The van der Waals surface area contributed by atoms with Crippen molar-refractivity contribution in [1.29, 1.82) is 0 Å². The van der Waals surface area contributed by atoms with Crippen LogP contribution in [0.5, 0.6) is 5.75 Å². The highest BCUT2D eigenvalue weighted by Gasteiger charge is 2.18. The summed E-state index contributed by atoms with van der Waals surface area (Å²) in [6, 6.07) is 13.7. The molecule has 0 aliphatic carbocycles. The normalized spacial score (nSPS) is 13.8. The highest BCUT2D eigenvalue weighted by molar-refractivity contribution is 7.90. The minimum absolute atomic E-state index is 0.236. The van der Waals surface area contributed by atoms with Gasteiger partial charge in [0.05, 0.1) is 10.9 Å². The van der Waals surface area contributed by atoms with Gasteiger partial charge in [0, 0.05) is 6.26 Å². The average Bonchev–Trinajstić information content (AvgIpc) is 2.56. The molecule has 0 spiro atoms. The molecule has 0 aromatic heterocycles. The second-order valence-electron chi connectivity index (χ2n) is 6.14. The Labute approximate surface area is 148 Å². The van der Waals surface area contributed by atoms with Gasteiger partial charge in [0.2, 0.25) is 0 Å². The second-order valence-corrected chi connectivity index (χ2v) is 8.16. The third-order valence-corrected chi connectivity index (χ3v) is 5.00. The van der Waals surface area contributed by atoms with Gasteiger partial charge >= 0.3 is 0 Å². The fourth-order valence-corrected chi connectivity index (χ4v) is 2.92. The highest BCUT2D eigenvalue weighted by Crippen LogP contribution is 2.17. The van der Waals surface area contributed by atoms with E-state index in [-0.39, 0.29) is 16.8 Å². The second kappa shape index (κ2) is 7.70. The molecular weight excluding hydrogens is 338 g/mol. The van der Waals surface area contributed by atoms with Gasteiger partial charge in [-0.25, -0.2) is 8.42 Å². The van der Waals surface area contributed by atoms with Crippen molar-refractivity contribution in [1.82, 2.24) is 5.32 Å². The first-order chi connectivity index (χ1) is 11.7. The summed E-state index contributed by atoms with van der Waals surface area (Å²) in [5.74, 6) is 0.402. The summed E-state index contributed by atoms with van der Waals surface area (Å²) in [6.07, 6.45) is 0.526. The largest absolute Gasteiger partial charge is 0.481 e. The molecule has 5 nitrogen and oxygen atoms in total. The quantitative estimate of drug-likeness (QED) is 0.858. The molecule has 1 amide bonds. The zero-order valence-corrected chi connectivity index (χ0v) is 15.6. The van der Waals surface area contributed by atoms with Crippen LogP contribution in [0.4, 0.5) is 0 Å². The molecule has 0 saturated carbocycles. The molecule has 0 radical (unpaired) electrons. The Hall–Kier alpha value is -2.34. The van der Waals surface area contributed by atoms with Gasteiger partial charge in [0.1, 0.15) is 5.75 Å². The molecule has 134 valence electrons.